The lowest BCUT2D eigenvalue weighted by Crippen LogP contribution is -2.38. The fourth-order valence-corrected chi connectivity index (χ4v) is 2.29. The van der Waals surface area contributed by atoms with Gasteiger partial charge in [0.25, 0.3) is 0 Å². The van der Waals surface area contributed by atoms with Gasteiger partial charge >= 0.3 is 0 Å². The first-order valence-electron chi connectivity index (χ1n) is 8.85. The van der Waals surface area contributed by atoms with Crippen molar-refractivity contribution in [2.75, 3.05) is 47.1 Å². The monoisotopic (exact) mass is 335 g/mol. The standard InChI is InChI=1S/C19H33N3O2/c1-5-17-8-10-18(11-9-17)16-22(3)19(20-6-2)21-12-7-13-24-15-14-23-4/h8-11H,5-7,12-16H2,1-4H3,(H,20,21). The number of hydrogen-bond acceptors (Lipinski definition) is 3. The van der Waals surface area contributed by atoms with Crippen molar-refractivity contribution in [3.05, 3.63) is 35.4 Å². The van der Waals surface area contributed by atoms with Crippen molar-refractivity contribution in [2.24, 2.45) is 4.99 Å². The summed E-state index contributed by atoms with van der Waals surface area (Å²) in [7, 11) is 3.76. The maximum Gasteiger partial charge on any atom is 0.193 e. The first-order valence-corrected chi connectivity index (χ1v) is 8.85. The third-order valence-electron chi connectivity index (χ3n) is 3.69. The highest BCUT2D eigenvalue weighted by Crippen LogP contribution is 2.07. The Morgan fingerprint density at radius 3 is 2.42 bits per heavy atom. The highest BCUT2D eigenvalue weighted by molar-refractivity contribution is 5.79. The second-order valence-corrected chi connectivity index (χ2v) is 5.72. The van der Waals surface area contributed by atoms with E-state index >= 15 is 0 Å². The molecule has 136 valence electrons. The van der Waals surface area contributed by atoms with Gasteiger partial charge in [-0.05, 0) is 30.9 Å². The molecule has 0 fully saturated rings. The molecule has 5 heteroatoms. The van der Waals surface area contributed by atoms with Crippen LogP contribution in [0.25, 0.3) is 0 Å². The summed E-state index contributed by atoms with van der Waals surface area (Å²) in [5.41, 5.74) is 2.67. The summed E-state index contributed by atoms with van der Waals surface area (Å²) in [6.45, 7) is 8.74. The molecule has 0 bridgehead atoms. The van der Waals surface area contributed by atoms with Gasteiger partial charge in [-0.2, -0.15) is 0 Å². The number of aryl methyl sites for hydroxylation is 1. The summed E-state index contributed by atoms with van der Waals surface area (Å²) in [5.74, 6) is 0.939. The Morgan fingerprint density at radius 2 is 1.79 bits per heavy atom. The summed E-state index contributed by atoms with van der Waals surface area (Å²) in [6, 6.07) is 8.79. The molecular formula is C19H33N3O2. The van der Waals surface area contributed by atoms with E-state index < -0.39 is 0 Å². The number of ether oxygens (including phenoxy) is 2. The maximum absolute atomic E-state index is 5.47. The van der Waals surface area contributed by atoms with E-state index in [-0.39, 0.29) is 0 Å². The first kappa shape index (κ1) is 20.5. The molecule has 0 aliphatic rings. The number of guanidine groups is 1. The molecule has 24 heavy (non-hydrogen) atoms. The smallest absolute Gasteiger partial charge is 0.193 e. The number of hydrogen-bond donors (Lipinski definition) is 1. The van der Waals surface area contributed by atoms with Gasteiger partial charge < -0.3 is 19.7 Å². The molecule has 1 aromatic carbocycles. The molecule has 0 amide bonds. The molecule has 0 saturated heterocycles. The Balaban J connectivity index is 2.44. The number of aliphatic imine (C=N–C) groups is 1. The molecule has 1 rings (SSSR count). The number of nitrogens with zero attached hydrogens (tertiary/aromatic N) is 2. The van der Waals surface area contributed by atoms with Gasteiger partial charge in [-0.25, -0.2) is 0 Å². The number of rotatable bonds is 11. The third-order valence-corrected chi connectivity index (χ3v) is 3.69. The van der Waals surface area contributed by atoms with Crippen LogP contribution in [-0.4, -0.2) is 57.9 Å². The van der Waals surface area contributed by atoms with E-state index in [1.807, 2.05) is 0 Å². The second kappa shape index (κ2) is 12.8. The van der Waals surface area contributed by atoms with E-state index in [1.165, 1.54) is 11.1 Å². The minimum atomic E-state index is 0.644. The van der Waals surface area contributed by atoms with Crippen molar-refractivity contribution in [3.8, 4) is 0 Å². The van der Waals surface area contributed by atoms with Crippen LogP contribution in [0.2, 0.25) is 0 Å². The molecule has 0 aliphatic carbocycles. The van der Waals surface area contributed by atoms with Gasteiger partial charge in [0.2, 0.25) is 0 Å². The first-order chi connectivity index (χ1) is 11.7. The van der Waals surface area contributed by atoms with Crippen LogP contribution < -0.4 is 5.32 Å². The van der Waals surface area contributed by atoms with Gasteiger partial charge in [-0.3, -0.25) is 4.99 Å². The Bertz CT molecular complexity index is 460. The highest BCUT2D eigenvalue weighted by atomic mass is 16.5. The van der Waals surface area contributed by atoms with Crippen LogP contribution in [0.1, 0.15) is 31.4 Å². The molecule has 1 N–H and O–H groups in total. The van der Waals surface area contributed by atoms with Crippen molar-refractivity contribution in [2.45, 2.75) is 33.2 Å². The van der Waals surface area contributed by atoms with E-state index in [1.54, 1.807) is 7.11 Å². The zero-order chi connectivity index (χ0) is 17.6. The van der Waals surface area contributed by atoms with Gasteiger partial charge in [0.15, 0.2) is 5.96 Å². The molecule has 0 saturated carbocycles. The van der Waals surface area contributed by atoms with E-state index in [9.17, 15) is 0 Å². The molecule has 0 spiro atoms. The van der Waals surface area contributed by atoms with E-state index in [2.05, 4.69) is 60.4 Å². The van der Waals surface area contributed by atoms with Gasteiger partial charge in [0.05, 0.1) is 13.2 Å². The highest BCUT2D eigenvalue weighted by Gasteiger charge is 2.06. The zero-order valence-corrected chi connectivity index (χ0v) is 15.7. The minimum absolute atomic E-state index is 0.644. The second-order valence-electron chi connectivity index (χ2n) is 5.72. The molecule has 0 radical (unpaired) electrons. The van der Waals surface area contributed by atoms with Gasteiger partial charge in [-0.1, -0.05) is 31.2 Å². The summed E-state index contributed by atoms with van der Waals surface area (Å²) in [6.07, 6.45) is 1.99. The van der Waals surface area contributed by atoms with Crippen molar-refractivity contribution >= 4 is 5.96 Å². The Labute approximate surface area is 147 Å². The quantitative estimate of drug-likeness (QED) is 0.384. The molecule has 1 aromatic rings. The maximum atomic E-state index is 5.47. The Hall–Kier alpha value is -1.59. The molecular weight excluding hydrogens is 302 g/mol. The number of benzene rings is 1. The van der Waals surface area contributed by atoms with Crippen molar-refractivity contribution in [1.82, 2.24) is 10.2 Å². The molecule has 0 aliphatic heterocycles. The van der Waals surface area contributed by atoms with E-state index in [0.717, 1.165) is 38.4 Å². The van der Waals surface area contributed by atoms with Crippen LogP contribution >= 0.6 is 0 Å². The van der Waals surface area contributed by atoms with Crippen LogP contribution in [0.15, 0.2) is 29.3 Å². The average molecular weight is 335 g/mol. The molecule has 0 aromatic heterocycles. The lowest BCUT2D eigenvalue weighted by molar-refractivity contribution is 0.0702. The SMILES string of the molecule is CCNC(=NCCCOCCOC)N(C)Cc1ccc(CC)cc1. The van der Waals surface area contributed by atoms with Crippen LogP contribution in [-0.2, 0) is 22.4 Å². The van der Waals surface area contributed by atoms with Crippen molar-refractivity contribution < 1.29 is 9.47 Å². The Morgan fingerprint density at radius 1 is 1.08 bits per heavy atom. The predicted molar refractivity (Wildman–Crippen MR) is 101 cm³/mol. The average Bonchev–Trinajstić information content (AvgIpc) is 2.60. The summed E-state index contributed by atoms with van der Waals surface area (Å²) in [5, 5.41) is 3.35. The van der Waals surface area contributed by atoms with Gasteiger partial charge in [0, 0.05) is 40.4 Å². The minimum Gasteiger partial charge on any atom is -0.382 e. The predicted octanol–water partition coefficient (Wildman–Crippen LogP) is 2.70. The van der Waals surface area contributed by atoms with Crippen LogP contribution in [0.4, 0.5) is 0 Å². The number of nitrogens with one attached hydrogen (secondary N) is 1. The van der Waals surface area contributed by atoms with Crippen molar-refractivity contribution in [1.29, 1.82) is 0 Å². The lowest BCUT2D eigenvalue weighted by Gasteiger charge is -2.22. The van der Waals surface area contributed by atoms with Crippen LogP contribution in [0.5, 0.6) is 0 Å². The summed E-state index contributed by atoms with van der Waals surface area (Å²) >= 11 is 0. The van der Waals surface area contributed by atoms with Gasteiger partial charge in [0.1, 0.15) is 0 Å². The van der Waals surface area contributed by atoms with Crippen LogP contribution in [0, 0.1) is 0 Å². The molecule has 0 atom stereocenters. The van der Waals surface area contributed by atoms with Crippen LogP contribution in [0.3, 0.4) is 0 Å². The van der Waals surface area contributed by atoms with E-state index in [0.29, 0.717) is 19.8 Å². The summed E-state index contributed by atoms with van der Waals surface area (Å²) < 4.78 is 10.4. The molecule has 0 unspecified atom stereocenters. The fraction of sp³-hybridized carbons (Fsp3) is 0.632. The van der Waals surface area contributed by atoms with E-state index in [4.69, 9.17) is 9.47 Å². The normalized spacial score (nSPS) is 11.6. The van der Waals surface area contributed by atoms with Crippen molar-refractivity contribution in [3.63, 3.8) is 0 Å². The lowest BCUT2D eigenvalue weighted by atomic mass is 10.1. The topological polar surface area (TPSA) is 46.1 Å². The third kappa shape index (κ3) is 8.31. The Kier molecular flexibility index (Phi) is 10.9. The summed E-state index contributed by atoms with van der Waals surface area (Å²) in [4.78, 5) is 6.84. The largest absolute Gasteiger partial charge is 0.382 e. The molecule has 0 heterocycles. The van der Waals surface area contributed by atoms with Gasteiger partial charge in [-0.15, -0.1) is 0 Å². The number of methoxy groups -OCH3 is 1. The fourth-order valence-electron chi connectivity index (χ4n) is 2.29. The zero-order valence-electron chi connectivity index (χ0n) is 15.7. The molecule has 5 nitrogen and oxygen atoms in total.